The van der Waals surface area contributed by atoms with Gasteiger partial charge in [0, 0.05) is 19.5 Å². The number of benzene rings is 2. The van der Waals surface area contributed by atoms with E-state index in [1.54, 1.807) is 0 Å². The van der Waals surface area contributed by atoms with E-state index in [4.69, 9.17) is 9.72 Å². The van der Waals surface area contributed by atoms with Gasteiger partial charge in [-0.05, 0) is 75.2 Å². The third-order valence-electron chi connectivity index (χ3n) is 4.83. The van der Waals surface area contributed by atoms with Crippen LogP contribution in [0, 0.1) is 20.8 Å². The molecule has 0 aliphatic heterocycles. The van der Waals surface area contributed by atoms with Crippen molar-refractivity contribution in [3.63, 3.8) is 0 Å². The number of fused-ring (bicyclic) bond motifs is 1. The standard InChI is InChI=1S/C22H29N3O/c1-16-7-5-8-19(13-16)26-12-6-11-25-21-15-18(3)17(2)14-20(21)24-22(25)9-10-23-4/h5,7-8,13-15,23H,6,9-12H2,1-4H3. The first-order valence-electron chi connectivity index (χ1n) is 9.39. The molecular weight excluding hydrogens is 322 g/mol. The number of aryl methyl sites for hydroxylation is 4. The van der Waals surface area contributed by atoms with Gasteiger partial charge < -0.3 is 14.6 Å². The first-order valence-corrected chi connectivity index (χ1v) is 9.39. The summed E-state index contributed by atoms with van der Waals surface area (Å²) in [7, 11) is 1.98. The van der Waals surface area contributed by atoms with Crippen LogP contribution in [0.4, 0.5) is 0 Å². The quantitative estimate of drug-likeness (QED) is 0.619. The van der Waals surface area contributed by atoms with Crippen molar-refractivity contribution in [1.82, 2.24) is 14.9 Å². The molecule has 26 heavy (non-hydrogen) atoms. The van der Waals surface area contributed by atoms with Crippen molar-refractivity contribution in [2.75, 3.05) is 20.2 Å². The molecule has 1 aromatic heterocycles. The third-order valence-corrected chi connectivity index (χ3v) is 4.83. The Morgan fingerprint density at radius 2 is 1.88 bits per heavy atom. The molecule has 1 N–H and O–H groups in total. The maximum absolute atomic E-state index is 5.91. The summed E-state index contributed by atoms with van der Waals surface area (Å²) in [6.07, 6.45) is 1.89. The Bertz CT molecular complexity index is 882. The van der Waals surface area contributed by atoms with Crippen LogP contribution < -0.4 is 10.1 Å². The second-order valence-corrected chi connectivity index (χ2v) is 6.98. The van der Waals surface area contributed by atoms with Crippen LogP contribution in [0.1, 0.15) is 28.9 Å². The molecule has 0 atom stereocenters. The number of imidazole rings is 1. The normalized spacial score (nSPS) is 11.2. The molecule has 0 radical (unpaired) electrons. The molecule has 0 amide bonds. The van der Waals surface area contributed by atoms with E-state index in [-0.39, 0.29) is 0 Å². The molecular formula is C22H29N3O. The van der Waals surface area contributed by atoms with Crippen molar-refractivity contribution >= 4 is 11.0 Å². The summed E-state index contributed by atoms with van der Waals surface area (Å²) in [6.45, 7) is 8.96. The average molecular weight is 351 g/mol. The minimum absolute atomic E-state index is 0.708. The second kappa shape index (κ2) is 8.37. The van der Waals surface area contributed by atoms with E-state index in [9.17, 15) is 0 Å². The highest BCUT2D eigenvalue weighted by molar-refractivity contribution is 5.78. The van der Waals surface area contributed by atoms with E-state index in [0.29, 0.717) is 6.61 Å². The van der Waals surface area contributed by atoms with Gasteiger partial charge >= 0.3 is 0 Å². The van der Waals surface area contributed by atoms with Gasteiger partial charge in [-0.2, -0.15) is 0 Å². The molecule has 1 heterocycles. The molecule has 0 aliphatic rings. The predicted molar refractivity (Wildman–Crippen MR) is 108 cm³/mol. The van der Waals surface area contributed by atoms with Crippen molar-refractivity contribution in [2.45, 2.75) is 40.2 Å². The molecule has 3 aromatic rings. The number of likely N-dealkylation sites (N-methyl/N-ethyl adjacent to an activating group) is 1. The van der Waals surface area contributed by atoms with Gasteiger partial charge in [-0.15, -0.1) is 0 Å². The van der Waals surface area contributed by atoms with Gasteiger partial charge in [-0.1, -0.05) is 12.1 Å². The zero-order valence-corrected chi connectivity index (χ0v) is 16.3. The molecule has 0 aliphatic carbocycles. The summed E-state index contributed by atoms with van der Waals surface area (Å²) in [5.74, 6) is 2.09. The fraction of sp³-hybridized carbons (Fsp3) is 0.409. The largest absolute Gasteiger partial charge is 0.494 e. The lowest BCUT2D eigenvalue weighted by molar-refractivity contribution is 0.301. The Kier molecular flexibility index (Phi) is 5.94. The van der Waals surface area contributed by atoms with Crippen LogP contribution >= 0.6 is 0 Å². The van der Waals surface area contributed by atoms with Crippen molar-refractivity contribution in [2.24, 2.45) is 0 Å². The van der Waals surface area contributed by atoms with Gasteiger partial charge in [0.05, 0.1) is 17.6 Å². The highest BCUT2D eigenvalue weighted by Crippen LogP contribution is 2.22. The molecule has 0 saturated heterocycles. The Morgan fingerprint density at radius 1 is 1.08 bits per heavy atom. The summed E-state index contributed by atoms with van der Waals surface area (Å²) in [5.41, 5.74) is 6.16. The minimum atomic E-state index is 0.708. The van der Waals surface area contributed by atoms with Crippen molar-refractivity contribution < 1.29 is 4.74 Å². The fourth-order valence-electron chi connectivity index (χ4n) is 3.22. The van der Waals surface area contributed by atoms with Crippen LogP contribution in [0.25, 0.3) is 11.0 Å². The Morgan fingerprint density at radius 3 is 2.65 bits per heavy atom. The van der Waals surface area contributed by atoms with E-state index in [1.165, 1.54) is 22.2 Å². The number of nitrogens with zero attached hydrogens (tertiary/aromatic N) is 2. The molecule has 0 saturated carbocycles. The molecule has 0 fully saturated rings. The summed E-state index contributed by atoms with van der Waals surface area (Å²) in [5, 5.41) is 3.23. The van der Waals surface area contributed by atoms with Gasteiger partial charge in [0.2, 0.25) is 0 Å². The molecule has 2 aromatic carbocycles. The lowest BCUT2D eigenvalue weighted by atomic mass is 10.1. The van der Waals surface area contributed by atoms with Gasteiger partial charge in [0.25, 0.3) is 0 Å². The monoisotopic (exact) mass is 351 g/mol. The summed E-state index contributed by atoms with van der Waals surface area (Å²) < 4.78 is 8.27. The van der Waals surface area contributed by atoms with Crippen molar-refractivity contribution in [3.8, 4) is 5.75 Å². The molecule has 4 nitrogen and oxygen atoms in total. The lowest BCUT2D eigenvalue weighted by Crippen LogP contribution is -2.15. The number of aromatic nitrogens is 2. The minimum Gasteiger partial charge on any atom is -0.494 e. The molecule has 0 unspecified atom stereocenters. The maximum Gasteiger partial charge on any atom is 0.119 e. The van der Waals surface area contributed by atoms with Crippen LogP contribution in [0.3, 0.4) is 0 Å². The van der Waals surface area contributed by atoms with Crippen LogP contribution in [-0.2, 0) is 13.0 Å². The van der Waals surface area contributed by atoms with Gasteiger partial charge in [0.15, 0.2) is 0 Å². The number of hydrogen-bond acceptors (Lipinski definition) is 3. The highest BCUT2D eigenvalue weighted by atomic mass is 16.5. The Hall–Kier alpha value is -2.33. The Labute approximate surface area is 156 Å². The van der Waals surface area contributed by atoms with Crippen LogP contribution in [0.2, 0.25) is 0 Å². The first kappa shape index (κ1) is 18.5. The number of hydrogen-bond donors (Lipinski definition) is 1. The smallest absolute Gasteiger partial charge is 0.119 e. The van der Waals surface area contributed by atoms with Crippen LogP contribution in [0.15, 0.2) is 36.4 Å². The average Bonchev–Trinajstić information content (AvgIpc) is 2.94. The van der Waals surface area contributed by atoms with E-state index in [2.05, 4.69) is 54.9 Å². The summed E-state index contributed by atoms with van der Waals surface area (Å²) in [4.78, 5) is 4.88. The zero-order valence-electron chi connectivity index (χ0n) is 16.3. The summed E-state index contributed by atoms with van der Waals surface area (Å²) in [6, 6.07) is 12.7. The topological polar surface area (TPSA) is 39.1 Å². The third kappa shape index (κ3) is 4.25. The van der Waals surface area contributed by atoms with E-state index < -0.39 is 0 Å². The first-order chi connectivity index (χ1) is 12.6. The molecule has 138 valence electrons. The molecule has 0 bridgehead atoms. The number of nitrogens with one attached hydrogen (secondary N) is 1. The lowest BCUT2D eigenvalue weighted by Gasteiger charge is -2.11. The SMILES string of the molecule is CNCCc1nc2cc(C)c(C)cc2n1CCCOc1cccc(C)c1. The van der Waals surface area contributed by atoms with E-state index in [0.717, 1.165) is 43.0 Å². The Balaban J connectivity index is 1.73. The molecule has 4 heteroatoms. The predicted octanol–water partition coefficient (Wildman–Crippen LogP) is 4.19. The molecule has 3 rings (SSSR count). The van der Waals surface area contributed by atoms with Gasteiger partial charge in [-0.25, -0.2) is 4.98 Å². The highest BCUT2D eigenvalue weighted by Gasteiger charge is 2.11. The number of ether oxygens (including phenoxy) is 1. The number of rotatable bonds is 8. The van der Waals surface area contributed by atoms with Crippen LogP contribution in [0.5, 0.6) is 5.75 Å². The van der Waals surface area contributed by atoms with Gasteiger partial charge in [-0.3, -0.25) is 0 Å². The van der Waals surface area contributed by atoms with E-state index in [1.807, 2.05) is 19.2 Å². The summed E-state index contributed by atoms with van der Waals surface area (Å²) >= 11 is 0. The molecule has 0 spiro atoms. The second-order valence-electron chi connectivity index (χ2n) is 6.98. The van der Waals surface area contributed by atoms with Crippen molar-refractivity contribution in [1.29, 1.82) is 0 Å². The fourth-order valence-corrected chi connectivity index (χ4v) is 3.22. The van der Waals surface area contributed by atoms with Crippen molar-refractivity contribution in [3.05, 3.63) is 58.9 Å². The zero-order chi connectivity index (χ0) is 18.5. The van der Waals surface area contributed by atoms with E-state index >= 15 is 0 Å². The van der Waals surface area contributed by atoms with Crippen LogP contribution in [-0.4, -0.2) is 29.8 Å². The van der Waals surface area contributed by atoms with Gasteiger partial charge in [0.1, 0.15) is 11.6 Å². The maximum atomic E-state index is 5.91.